The number of fused-ring (bicyclic) bond motifs is 1. The van der Waals surface area contributed by atoms with Crippen LogP contribution in [0.3, 0.4) is 0 Å². The molecule has 0 bridgehead atoms. The predicted molar refractivity (Wildman–Crippen MR) is 76.1 cm³/mol. The van der Waals surface area contributed by atoms with Crippen LogP contribution in [0.25, 0.3) is 10.9 Å². The minimum atomic E-state index is -0.707. The van der Waals surface area contributed by atoms with E-state index in [-0.39, 0.29) is 17.8 Å². The van der Waals surface area contributed by atoms with Crippen molar-refractivity contribution < 1.29 is 13.6 Å². The second-order valence-electron chi connectivity index (χ2n) is 4.71. The van der Waals surface area contributed by atoms with Gasteiger partial charge in [-0.25, -0.2) is 8.78 Å². The van der Waals surface area contributed by atoms with Gasteiger partial charge in [0.1, 0.15) is 11.6 Å². The van der Waals surface area contributed by atoms with Crippen LogP contribution < -0.4 is 0 Å². The molecule has 0 radical (unpaired) electrons. The number of para-hydroxylation sites is 1. The van der Waals surface area contributed by atoms with E-state index in [1.807, 2.05) is 18.2 Å². The van der Waals surface area contributed by atoms with Crippen molar-refractivity contribution in [2.45, 2.75) is 6.42 Å². The number of carbonyl (C=O) groups is 1. The van der Waals surface area contributed by atoms with Gasteiger partial charge in [-0.15, -0.1) is 0 Å². The Bertz CT molecular complexity index is 825. The highest BCUT2D eigenvalue weighted by Crippen LogP contribution is 2.19. The molecule has 2 aromatic carbocycles. The number of ketones is 1. The van der Waals surface area contributed by atoms with Gasteiger partial charge in [-0.2, -0.15) is 0 Å². The molecular weight excluding hydrogens is 272 g/mol. The van der Waals surface area contributed by atoms with Crippen LogP contribution in [0.5, 0.6) is 0 Å². The van der Waals surface area contributed by atoms with E-state index in [4.69, 9.17) is 0 Å². The first-order chi connectivity index (χ1) is 10.1. The Balaban J connectivity index is 1.97. The highest BCUT2D eigenvalue weighted by molar-refractivity contribution is 6.07. The van der Waals surface area contributed by atoms with Gasteiger partial charge in [0.2, 0.25) is 0 Å². The van der Waals surface area contributed by atoms with E-state index in [9.17, 15) is 13.6 Å². The predicted octanol–water partition coefficient (Wildman–Crippen LogP) is 3.94. The van der Waals surface area contributed by atoms with Crippen LogP contribution in [0.4, 0.5) is 8.78 Å². The maximum atomic E-state index is 13.6. The van der Waals surface area contributed by atoms with Crippen molar-refractivity contribution >= 4 is 16.7 Å². The van der Waals surface area contributed by atoms with Crippen molar-refractivity contribution in [1.29, 1.82) is 0 Å². The van der Waals surface area contributed by atoms with Crippen molar-refractivity contribution in [2.75, 3.05) is 0 Å². The fourth-order valence-corrected chi connectivity index (χ4v) is 2.27. The van der Waals surface area contributed by atoms with Crippen LogP contribution in [0.1, 0.15) is 15.9 Å². The third-order valence-corrected chi connectivity index (χ3v) is 3.32. The summed E-state index contributed by atoms with van der Waals surface area (Å²) in [6.45, 7) is 0. The summed E-state index contributed by atoms with van der Waals surface area (Å²) in [6.07, 6.45) is 1.44. The zero-order valence-corrected chi connectivity index (χ0v) is 11.0. The first kappa shape index (κ1) is 13.4. The van der Waals surface area contributed by atoms with Crippen LogP contribution in [-0.4, -0.2) is 10.8 Å². The largest absolute Gasteiger partial charge is 0.294 e. The SMILES string of the molecule is O=C(Cc1ccc(F)cc1F)c1ccnc2ccccc12. The number of aromatic nitrogens is 1. The molecule has 4 heteroatoms. The maximum absolute atomic E-state index is 13.6. The van der Waals surface area contributed by atoms with Crippen molar-refractivity contribution in [3.63, 3.8) is 0 Å². The fourth-order valence-electron chi connectivity index (χ4n) is 2.27. The van der Waals surface area contributed by atoms with Gasteiger partial charge in [0.15, 0.2) is 5.78 Å². The molecule has 3 rings (SSSR count). The van der Waals surface area contributed by atoms with E-state index >= 15 is 0 Å². The highest BCUT2D eigenvalue weighted by atomic mass is 19.1. The van der Waals surface area contributed by atoms with Gasteiger partial charge in [0, 0.05) is 29.6 Å². The second-order valence-corrected chi connectivity index (χ2v) is 4.71. The molecule has 0 amide bonds. The van der Waals surface area contributed by atoms with Crippen molar-refractivity contribution in [3.8, 4) is 0 Å². The molecule has 0 unspecified atom stereocenters. The molecule has 0 aliphatic heterocycles. The molecule has 21 heavy (non-hydrogen) atoms. The molecule has 0 aliphatic carbocycles. The summed E-state index contributed by atoms with van der Waals surface area (Å²) in [5, 5.41) is 0.729. The maximum Gasteiger partial charge on any atom is 0.168 e. The van der Waals surface area contributed by atoms with E-state index in [0.29, 0.717) is 11.1 Å². The van der Waals surface area contributed by atoms with Gasteiger partial charge >= 0.3 is 0 Å². The summed E-state index contributed by atoms with van der Waals surface area (Å²) in [4.78, 5) is 16.6. The Morgan fingerprint density at radius 1 is 1.05 bits per heavy atom. The smallest absolute Gasteiger partial charge is 0.168 e. The Morgan fingerprint density at radius 3 is 2.67 bits per heavy atom. The molecule has 0 spiro atoms. The van der Waals surface area contributed by atoms with Crippen LogP contribution in [0.2, 0.25) is 0 Å². The Kier molecular flexibility index (Phi) is 3.44. The van der Waals surface area contributed by atoms with Crippen molar-refractivity contribution in [1.82, 2.24) is 4.98 Å². The molecule has 0 saturated heterocycles. The molecule has 0 aliphatic rings. The monoisotopic (exact) mass is 283 g/mol. The zero-order valence-electron chi connectivity index (χ0n) is 11.0. The third kappa shape index (κ3) is 2.65. The normalized spacial score (nSPS) is 10.8. The molecule has 3 aromatic rings. The molecule has 0 fully saturated rings. The number of nitrogens with zero attached hydrogens (tertiary/aromatic N) is 1. The van der Waals surface area contributed by atoms with Gasteiger partial charge < -0.3 is 0 Å². The van der Waals surface area contributed by atoms with E-state index in [2.05, 4.69) is 4.98 Å². The zero-order chi connectivity index (χ0) is 14.8. The number of hydrogen-bond donors (Lipinski definition) is 0. The van der Waals surface area contributed by atoms with Gasteiger partial charge in [0.05, 0.1) is 5.52 Å². The lowest BCUT2D eigenvalue weighted by molar-refractivity contribution is 0.0993. The molecule has 1 aromatic heterocycles. The summed E-state index contributed by atoms with van der Waals surface area (Å²) in [5.41, 5.74) is 1.38. The number of benzene rings is 2. The third-order valence-electron chi connectivity index (χ3n) is 3.32. The van der Waals surface area contributed by atoms with Crippen LogP contribution in [0.15, 0.2) is 54.7 Å². The number of pyridine rings is 1. The topological polar surface area (TPSA) is 30.0 Å². The van der Waals surface area contributed by atoms with E-state index in [0.717, 1.165) is 17.5 Å². The summed E-state index contributed by atoms with van der Waals surface area (Å²) in [5.74, 6) is -1.58. The fraction of sp³-hybridized carbons (Fsp3) is 0.0588. The number of carbonyl (C=O) groups excluding carboxylic acids is 1. The minimum absolute atomic E-state index is 0.111. The summed E-state index contributed by atoms with van der Waals surface area (Å²) in [6, 6.07) is 12.1. The number of hydrogen-bond acceptors (Lipinski definition) is 2. The second kappa shape index (κ2) is 5.40. The number of halogens is 2. The summed E-state index contributed by atoms with van der Waals surface area (Å²) < 4.78 is 26.5. The van der Waals surface area contributed by atoms with Crippen LogP contribution in [0, 0.1) is 11.6 Å². The number of Topliss-reactive ketones (excluding diaryl/α,β-unsaturated/α-hetero) is 1. The molecule has 1 heterocycles. The van der Waals surface area contributed by atoms with E-state index < -0.39 is 11.6 Å². The lowest BCUT2D eigenvalue weighted by Gasteiger charge is -2.06. The average molecular weight is 283 g/mol. The van der Waals surface area contributed by atoms with Crippen molar-refractivity contribution in [3.05, 3.63) is 77.5 Å². The van der Waals surface area contributed by atoms with Gasteiger partial charge in [-0.1, -0.05) is 24.3 Å². The van der Waals surface area contributed by atoms with E-state index in [1.165, 1.54) is 6.07 Å². The van der Waals surface area contributed by atoms with Gasteiger partial charge in [0.25, 0.3) is 0 Å². The lowest BCUT2D eigenvalue weighted by Crippen LogP contribution is -2.06. The first-order valence-corrected chi connectivity index (χ1v) is 6.46. The van der Waals surface area contributed by atoms with Crippen LogP contribution >= 0.6 is 0 Å². The molecule has 0 N–H and O–H groups in total. The van der Waals surface area contributed by atoms with Gasteiger partial charge in [-0.3, -0.25) is 9.78 Å². The minimum Gasteiger partial charge on any atom is -0.294 e. The van der Waals surface area contributed by atoms with Crippen molar-refractivity contribution in [2.24, 2.45) is 0 Å². The summed E-state index contributed by atoms with van der Waals surface area (Å²) >= 11 is 0. The highest BCUT2D eigenvalue weighted by Gasteiger charge is 2.14. The molecule has 0 saturated carbocycles. The first-order valence-electron chi connectivity index (χ1n) is 6.46. The standard InChI is InChI=1S/C17H11F2NO/c18-12-6-5-11(15(19)10-12)9-17(21)14-7-8-20-16-4-2-1-3-13(14)16/h1-8,10H,9H2. The quantitative estimate of drug-likeness (QED) is 0.681. The Morgan fingerprint density at radius 2 is 1.86 bits per heavy atom. The summed E-state index contributed by atoms with van der Waals surface area (Å²) in [7, 11) is 0. The molecular formula is C17H11F2NO. The average Bonchev–Trinajstić information content (AvgIpc) is 2.49. The van der Waals surface area contributed by atoms with E-state index in [1.54, 1.807) is 18.3 Å². The van der Waals surface area contributed by atoms with Gasteiger partial charge in [-0.05, 0) is 23.8 Å². The van der Waals surface area contributed by atoms with Crippen LogP contribution in [-0.2, 0) is 6.42 Å². The lowest BCUT2D eigenvalue weighted by atomic mass is 9.99. The molecule has 2 nitrogen and oxygen atoms in total. The molecule has 104 valence electrons. The number of rotatable bonds is 3. The Hall–Kier alpha value is -2.62. The molecule has 0 atom stereocenters. The Labute approximate surface area is 120 Å².